The Morgan fingerprint density at radius 2 is 1.17 bits per heavy atom. The van der Waals surface area contributed by atoms with Crippen LogP contribution < -0.4 is 10.6 Å². The number of benzene rings is 3. The zero-order valence-electron chi connectivity index (χ0n) is 28.9. The Kier molecular flexibility index (Phi) is 12.0. The number of carbonyl (C=O) groups excluding carboxylic acids is 4. The monoisotopic (exact) mass is 655 g/mol. The number of alkyl carbamates (subject to hydrolysis) is 1. The third-order valence-electron chi connectivity index (χ3n) is 7.93. The largest absolute Gasteiger partial charge is 0.458 e. The molecule has 1 aliphatic carbocycles. The van der Waals surface area contributed by atoms with E-state index in [-0.39, 0.29) is 18.9 Å². The van der Waals surface area contributed by atoms with Crippen LogP contribution in [0, 0.1) is 0 Å². The Labute approximate surface area is 284 Å². The molecule has 1 saturated carbocycles. The van der Waals surface area contributed by atoms with E-state index in [1.165, 1.54) is 0 Å². The molecule has 3 unspecified atom stereocenters. The van der Waals surface area contributed by atoms with Gasteiger partial charge in [0.1, 0.15) is 29.3 Å². The first-order valence-corrected chi connectivity index (χ1v) is 16.7. The lowest BCUT2D eigenvalue weighted by atomic mass is 9.87. The lowest BCUT2D eigenvalue weighted by Crippen LogP contribution is -2.59. The first-order valence-electron chi connectivity index (χ1n) is 16.7. The van der Waals surface area contributed by atoms with E-state index >= 15 is 0 Å². The molecule has 0 saturated heterocycles. The second-order valence-corrected chi connectivity index (χ2v) is 14.3. The molecule has 3 amide bonds. The standard InChI is InChI=1S/C39H49N3O6/c1-38(2,3)47-36(45)32(26-28-19-12-8-13-20-28)40-34(43)33(29-21-14-9-15-22-29)42(30-23-16-24-30)35(44)31(25-27-17-10-7-11-18-27)41-37(46)48-39(4,5)6/h7-15,17-22,30-33H,16,23-26H2,1-6H3,(H,40,43)(H,41,46). The third kappa shape index (κ3) is 10.7. The van der Waals surface area contributed by atoms with Crippen molar-refractivity contribution in [2.24, 2.45) is 0 Å². The molecule has 1 aliphatic rings. The molecule has 1 fully saturated rings. The lowest BCUT2D eigenvalue weighted by molar-refractivity contribution is -0.159. The van der Waals surface area contributed by atoms with E-state index in [1.54, 1.807) is 58.6 Å². The first kappa shape index (κ1) is 36.2. The molecule has 3 atom stereocenters. The number of carbonyl (C=O) groups is 4. The maximum Gasteiger partial charge on any atom is 0.408 e. The molecule has 0 aromatic heterocycles. The number of nitrogens with one attached hydrogen (secondary N) is 2. The third-order valence-corrected chi connectivity index (χ3v) is 7.93. The van der Waals surface area contributed by atoms with Crippen molar-refractivity contribution in [1.29, 1.82) is 0 Å². The fourth-order valence-electron chi connectivity index (χ4n) is 5.60. The number of ether oxygens (including phenoxy) is 2. The Bertz CT molecular complexity index is 1510. The van der Waals surface area contributed by atoms with Crippen molar-refractivity contribution in [2.75, 3.05) is 0 Å². The highest BCUT2D eigenvalue weighted by molar-refractivity contribution is 5.94. The molecule has 0 heterocycles. The molecule has 9 heteroatoms. The van der Waals surface area contributed by atoms with Crippen molar-refractivity contribution in [2.45, 2.75) is 109 Å². The summed E-state index contributed by atoms with van der Waals surface area (Å²) in [4.78, 5) is 57.6. The van der Waals surface area contributed by atoms with Crippen LogP contribution in [-0.2, 0) is 36.7 Å². The summed E-state index contributed by atoms with van der Waals surface area (Å²) < 4.78 is 11.3. The maximum atomic E-state index is 14.8. The van der Waals surface area contributed by atoms with Gasteiger partial charge in [0, 0.05) is 18.9 Å². The van der Waals surface area contributed by atoms with E-state index in [9.17, 15) is 19.2 Å². The van der Waals surface area contributed by atoms with Crippen LogP contribution >= 0.6 is 0 Å². The zero-order chi connectivity index (χ0) is 34.9. The Balaban J connectivity index is 1.73. The summed E-state index contributed by atoms with van der Waals surface area (Å²) in [5.74, 6) is -1.49. The zero-order valence-corrected chi connectivity index (χ0v) is 28.9. The van der Waals surface area contributed by atoms with Gasteiger partial charge in [-0.15, -0.1) is 0 Å². The molecular weight excluding hydrogens is 606 g/mol. The van der Waals surface area contributed by atoms with E-state index in [1.807, 2.05) is 78.9 Å². The topological polar surface area (TPSA) is 114 Å². The van der Waals surface area contributed by atoms with Crippen LogP contribution in [0.15, 0.2) is 91.0 Å². The van der Waals surface area contributed by atoms with Crippen LogP contribution in [0.5, 0.6) is 0 Å². The van der Waals surface area contributed by atoms with E-state index < -0.39 is 53.2 Å². The summed E-state index contributed by atoms with van der Waals surface area (Å²) in [6.07, 6.45) is 1.98. The van der Waals surface area contributed by atoms with Crippen molar-refractivity contribution < 1.29 is 28.7 Å². The van der Waals surface area contributed by atoms with Crippen LogP contribution in [0.25, 0.3) is 0 Å². The van der Waals surface area contributed by atoms with Gasteiger partial charge < -0.3 is 25.0 Å². The number of nitrogens with zero attached hydrogens (tertiary/aromatic N) is 1. The van der Waals surface area contributed by atoms with Crippen LogP contribution in [-0.4, -0.2) is 58.1 Å². The fourth-order valence-corrected chi connectivity index (χ4v) is 5.60. The van der Waals surface area contributed by atoms with Crippen LogP contribution in [0.2, 0.25) is 0 Å². The van der Waals surface area contributed by atoms with Gasteiger partial charge in [0.2, 0.25) is 11.8 Å². The van der Waals surface area contributed by atoms with Crippen LogP contribution in [0.4, 0.5) is 4.79 Å². The quantitative estimate of drug-likeness (QED) is 0.221. The van der Waals surface area contributed by atoms with Gasteiger partial charge in [-0.2, -0.15) is 0 Å². The fraction of sp³-hybridized carbons (Fsp3) is 0.436. The first-order chi connectivity index (χ1) is 22.7. The summed E-state index contributed by atoms with van der Waals surface area (Å²) in [5.41, 5.74) is 0.727. The average molecular weight is 656 g/mol. The Hall–Kier alpha value is -4.66. The van der Waals surface area contributed by atoms with Gasteiger partial charge in [-0.05, 0) is 77.5 Å². The summed E-state index contributed by atoms with van der Waals surface area (Å²) in [7, 11) is 0. The van der Waals surface area contributed by atoms with Gasteiger partial charge in [-0.25, -0.2) is 9.59 Å². The number of hydrogen-bond acceptors (Lipinski definition) is 6. The number of esters is 1. The highest BCUT2D eigenvalue weighted by Gasteiger charge is 2.43. The van der Waals surface area contributed by atoms with Crippen molar-refractivity contribution in [1.82, 2.24) is 15.5 Å². The average Bonchev–Trinajstić information content (AvgIpc) is 2.98. The normalized spacial score (nSPS) is 15.2. The minimum atomic E-state index is -1.08. The summed E-state index contributed by atoms with van der Waals surface area (Å²) >= 11 is 0. The van der Waals surface area contributed by atoms with Gasteiger partial charge in [0.25, 0.3) is 0 Å². The Morgan fingerprint density at radius 3 is 1.62 bits per heavy atom. The van der Waals surface area contributed by atoms with Gasteiger partial charge in [0.05, 0.1) is 0 Å². The minimum Gasteiger partial charge on any atom is -0.458 e. The number of hydrogen-bond donors (Lipinski definition) is 2. The smallest absolute Gasteiger partial charge is 0.408 e. The maximum absolute atomic E-state index is 14.8. The second-order valence-electron chi connectivity index (χ2n) is 14.3. The predicted molar refractivity (Wildman–Crippen MR) is 185 cm³/mol. The van der Waals surface area contributed by atoms with E-state index in [0.717, 1.165) is 17.5 Å². The molecule has 0 radical (unpaired) electrons. The molecule has 4 rings (SSSR count). The van der Waals surface area contributed by atoms with Gasteiger partial charge >= 0.3 is 12.1 Å². The van der Waals surface area contributed by atoms with E-state index in [4.69, 9.17) is 9.47 Å². The molecular formula is C39H49N3O6. The molecule has 3 aromatic rings. The summed E-state index contributed by atoms with van der Waals surface area (Å²) in [6.45, 7) is 10.6. The molecule has 256 valence electrons. The second kappa shape index (κ2) is 16.0. The molecule has 2 N–H and O–H groups in total. The number of amides is 3. The molecule has 0 spiro atoms. The van der Waals surface area contributed by atoms with Crippen molar-refractivity contribution >= 4 is 23.9 Å². The molecule has 3 aromatic carbocycles. The molecule has 0 bridgehead atoms. The Morgan fingerprint density at radius 1 is 0.688 bits per heavy atom. The highest BCUT2D eigenvalue weighted by Crippen LogP contribution is 2.34. The van der Waals surface area contributed by atoms with Gasteiger partial charge in [-0.3, -0.25) is 9.59 Å². The van der Waals surface area contributed by atoms with Crippen LogP contribution in [0.1, 0.15) is 83.5 Å². The highest BCUT2D eigenvalue weighted by atomic mass is 16.6. The van der Waals surface area contributed by atoms with E-state index in [2.05, 4.69) is 10.6 Å². The SMILES string of the molecule is CC(C)(C)OC(=O)NC(Cc1ccccc1)C(=O)N(C1CCC1)C(C(=O)NC(Cc1ccccc1)C(=O)OC(C)(C)C)c1ccccc1. The molecule has 0 aliphatic heterocycles. The molecule has 9 nitrogen and oxygen atoms in total. The van der Waals surface area contributed by atoms with Crippen molar-refractivity contribution in [3.8, 4) is 0 Å². The lowest BCUT2D eigenvalue weighted by Gasteiger charge is -2.44. The van der Waals surface area contributed by atoms with Crippen molar-refractivity contribution in [3.05, 3.63) is 108 Å². The number of rotatable bonds is 12. The summed E-state index contributed by atoms with van der Waals surface area (Å²) in [5, 5.41) is 5.78. The predicted octanol–water partition coefficient (Wildman–Crippen LogP) is 6.31. The van der Waals surface area contributed by atoms with E-state index in [0.29, 0.717) is 18.4 Å². The van der Waals surface area contributed by atoms with Crippen molar-refractivity contribution in [3.63, 3.8) is 0 Å². The summed E-state index contributed by atoms with van der Waals surface area (Å²) in [6, 6.07) is 24.5. The van der Waals surface area contributed by atoms with Crippen LogP contribution in [0.3, 0.4) is 0 Å². The van der Waals surface area contributed by atoms with Gasteiger partial charge in [0.15, 0.2) is 0 Å². The van der Waals surface area contributed by atoms with Gasteiger partial charge in [-0.1, -0.05) is 91.0 Å². The molecule has 48 heavy (non-hydrogen) atoms. The minimum absolute atomic E-state index is 0.194.